The molecule has 0 bridgehead atoms. The minimum absolute atomic E-state index is 0.289. The molecule has 0 fully saturated rings. The summed E-state index contributed by atoms with van der Waals surface area (Å²) in [5, 5.41) is 3.01. The van der Waals surface area contributed by atoms with Gasteiger partial charge in [0.15, 0.2) is 0 Å². The van der Waals surface area contributed by atoms with Crippen LogP contribution in [0.15, 0.2) is 18.2 Å². The molecule has 88 valence electrons. The monoisotopic (exact) mass is 224 g/mol. The average molecular weight is 224 g/mol. The molecule has 0 aliphatic heterocycles. The summed E-state index contributed by atoms with van der Waals surface area (Å²) in [6, 6.07) is 5.14. The summed E-state index contributed by atoms with van der Waals surface area (Å²) in [7, 11) is 2.93. The van der Waals surface area contributed by atoms with Gasteiger partial charge in [-0.25, -0.2) is 4.98 Å². The van der Waals surface area contributed by atoms with Gasteiger partial charge < -0.3 is 9.47 Å². The van der Waals surface area contributed by atoms with Gasteiger partial charge >= 0.3 is 5.97 Å². The number of esters is 1. The average Bonchev–Trinajstić information content (AvgIpc) is 2.35. The maximum Gasteiger partial charge on any atom is 0.322 e. The van der Waals surface area contributed by atoms with E-state index < -0.39 is 0 Å². The lowest BCUT2D eigenvalue weighted by Gasteiger charge is -2.11. The second kappa shape index (κ2) is 6.07. The summed E-state index contributed by atoms with van der Waals surface area (Å²) in [5.41, 5.74) is 0.815. The Kier molecular flexibility index (Phi) is 4.72. The number of ether oxygens (including phenoxy) is 2. The zero-order chi connectivity index (χ0) is 12.0. The van der Waals surface area contributed by atoms with Gasteiger partial charge in [-0.05, 0) is 13.0 Å². The van der Waals surface area contributed by atoms with Crippen LogP contribution in [0.25, 0.3) is 0 Å². The normalized spacial score (nSPS) is 11.9. The van der Waals surface area contributed by atoms with Gasteiger partial charge in [0.2, 0.25) is 5.88 Å². The first-order valence-corrected chi connectivity index (χ1v) is 4.98. The summed E-state index contributed by atoms with van der Waals surface area (Å²) in [6.07, 6.45) is 0. The van der Waals surface area contributed by atoms with Crippen LogP contribution in [-0.2, 0) is 16.1 Å². The highest BCUT2D eigenvalue weighted by Gasteiger charge is 2.11. The highest BCUT2D eigenvalue weighted by molar-refractivity contribution is 5.75. The minimum Gasteiger partial charge on any atom is -0.481 e. The number of hydrogen-bond donors (Lipinski definition) is 1. The Hall–Kier alpha value is -1.62. The van der Waals surface area contributed by atoms with Crippen LogP contribution in [0.5, 0.6) is 5.88 Å². The number of aromatic nitrogens is 1. The van der Waals surface area contributed by atoms with Crippen LogP contribution in [0.4, 0.5) is 0 Å². The molecule has 1 unspecified atom stereocenters. The van der Waals surface area contributed by atoms with E-state index in [2.05, 4.69) is 15.0 Å². The van der Waals surface area contributed by atoms with Crippen molar-refractivity contribution in [1.29, 1.82) is 0 Å². The van der Waals surface area contributed by atoms with Crippen LogP contribution in [0.3, 0.4) is 0 Å². The molecular weight excluding hydrogens is 208 g/mol. The van der Waals surface area contributed by atoms with Gasteiger partial charge in [-0.2, -0.15) is 0 Å². The summed E-state index contributed by atoms with van der Waals surface area (Å²) >= 11 is 0. The molecule has 5 heteroatoms. The number of methoxy groups -OCH3 is 2. The van der Waals surface area contributed by atoms with Crippen molar-refractivity contribution >= 4 is 5.97 Å². The van der Waals surface area contributed by atoms with E-state index in [-0.39, 0.29) is 12.0 Å². The zero-order valence-corrected chi connectivity index (χ0v) is 9.69. The summed E-state index contributed by atoms with van der Waals surface area (Å²) in [4.78, 5) is 15.3. The molecule has 0 saturated heterocycles. The van der Waals surface area contributed by atoms with Crippen LogP contribution in [0.1, 0.15) is 12.6 Å². The number of hydrogen-bond acceptors (Lipinski definition) is 5. The molecule has 1 rings (SSSR count). The molecule has 0 aromatic carbocycles. The van der Waals surface area contributed by atoms with E-state index in [1.165, 1.54) is 7.11 Å². The van der Waals surface area contributed by atoms with Crippen LogP contribution in [0, 0.1) is 0 Å². The van der Waals surface area contributed by atoms with E-state index in [0.29, 0.717) is 12.4 Å². The third-order valence-corrected chi connectivity index (χ3v) is 2.13. The first-order chi connectivity index (χ1) is 7.67. The van der Waals surface area contributed by atoms with Gasteiger partial charge in [-0.3, -0.25) is 10.1 Å². The fourth-order valence-electron chi connectivity index (χ4n) is 1.19. The van der Waals surface area contributed by atoms with Crippen molar-refractivity contribution in [1.82, 2.24) is 10.3 Å². The third kappa shape index (κ3) is 3.51. The Balaban J connectivity index is 2.51. The molecule has 0 saturated carbocycles. The Bertz CT molecular complexity index is 355. The van der Waals surface area contributed by atoms with E-state index in [9.17, 15) is 4.79 Å². The molecular formula is C11H16N2O3. The quantitative estimate of drug-likeness (QED) is 0.747. The maximum absolute atomic E-state index is 11.1. The smallest absolute Gasteiger partial charge is 0.322 e. The van der Waals surface area contributed by atoms with E-state index in [1.807, 2.05) is 12.1 Å². The van der Waals surface area contributed by atoms with Gasteiger partial charge in [0.25, 0.3) is 0 Å². The molecule has 1 atom stereocenters. The number of nitrogens with one attached hydrogen (secondary N) is 1. The van der Waals surface area contributed by atoms with E-state index >= 15 is 0 Å². The van der Waals surface area contributed by atoms with Gasteiger partial charge in [0, 0.05) is 12.6 Å². The summed E-state index contributed by atoms with van der Waals surface area (Å²) < 4.78 is 9.60. The molecule has 16 heavy (non-hydrogen) atoms. The van der Waals surface area contributed by atoms with Gasteiger partial charge in [0.05, 0.1) is 19.9 Å². The maximum atomic E-state index is 11.1. The van der Waals surface area contributed by atoms with Crippen LogP contribution in [0.2, 0.25) is 0 Å². The van der Waals surface area contributed by atoms with Gasteiger partial charge in [0.1, 0.15) is 6.04 Å². The SMILES string of the molecule is COC(=O)C(C)NCc1cccc(OC)n1. The lowest BCUT2D eigenvalue weighted by Crippen LogP contribution is -2.34. The minimum atomic E-state index is -0.349. The van der Waals surface area contributed by atoms with Crippen molar-refractivity contribution in [3.05, 3.63) is 23.9 Å². The predicted octanol–water partition coefficient (Wildman–Crippen LogP) is 0.741. The molecule has 0 radical (unpaired) electrons. The predicted molar refractivity (Wildman–Crippen MR) is 59.1 cm³/mol. The molecule has 1 aromatic rings. The fourth-order valence-corrected chi connectivity index (χ4v) is 1.19. The van der Waals surface area contributed by atoms with Crippen molar-refractivity contribution in [2.75, 3.05) is 14.2 Å². The Morgan fingerprint density at radius 2 is 2.25 bits per heavy atom. The highest BCUT2D eigenvalue weighted by atomic mass is 16.5. The standard InChI is InChI=1S/C11H16N2O3/c1-8(11(14)16-3)12-7-9-5-4-6-10(13-9)15-2/h4-6,8,12H,7H2,1-3H3. The van der Waals surface area contributed by atoms with Crippen molar-refractivity contribution in [3.8, 4) is 5.88 Å². The van der Waals surface area contributed by atoms with Crippen molar-refractivity contribution in [2.24, 2.45) is 0 Å². The zero-order valence-electron chi connectivity index (χ0n) is 9.69. The number of rotatable bonds is 5. The number of pyridine rings is 1. The topological polar surface area (TPSA) is 60.5 Å². The second-order valence-corrected chi connectivity index (χ2v) is 3.30. The molecule has 0 aliphatic carbocycles. The third-order valence-electron chi connectivity index (χ3n) is 2.13. The second-order valence-electron chi connectivity index (χ2n) is 3.30. The summed E-state index contributed by atoms with van der Waals surface area (Å²) in [5.74, 6) is 0.271. The van der Waals surface area contributed by atoms with E-state index in [0.717, 1.165) is 5.69 Å². The van der Waals surface area contributed by atoms with Crippen LogP contribution >= 0.6 is 0 Å². The van der Waals surface area contributed by atoms with E-state index in [4.69, 9.17) is 4.74 Å². The molecule has 1 N–H and O–H groups in total. The first-order valence-electron chi connectivity index (χ1n) is 4.98. The fraction of sp³-hybridized carbons (Fsp3) is 0.455. The van der Waals surface area contributed by atoms with Crippen molar-refractivity contribution in [3.63, 3.8) is 0 Å². The van der Waals surface area contributed by atoms with Gasteiger partial charge in [-0.1, -0.05) is 6.07 Å². The molecule has 0 aliphatic rings. The van der Waals surface area contributed by atoms with Crippen LogP contribution in [-0.4, -0.2) is 31.2 Å². The van der Waals surface area contributed by atoms with Crippen molar-refractivity contribution < 1.29 is 14.3 Å². The number of nitrogens with zero attached hydrogens (tertiary/aromatic N) is 1. The molecule has 1 aromatic heterocycles. The molecule has 1 heterocycles. The first kappa shape index (κ1) is 12.4. The Labute approximate surface area is 94.8 Å². The molecule has 5 nitrogen and oxygen atoms in total. The molecule has 0 spiro atoms. The number of carbonyl (C=O) groups excluding carboxylic acids is 1. The van der Waals surface area contributed by atoms with Crippen LogP contribution < -0.4 is 10.1 Å². The van der Waals surface area contributed by atoms with E-state index in [1.54, 1.807) is 20.1 Å². The Morgan fingerprint density at radius 3 is 2.88 bits per heavy atom. The summed E-state index contributed by atoms with van der Waals surface area (Å²) in [6.45, 7) is 2.24. The molecule has 0 amide bonds. The largest absolute Gasteiger partial charge is 0.481 e. The number of carbonyl (C=O) groups is 1. The van der Waals surface area contributed by atoms with Crippen molar-refractivity contribution in [2.45, 2.75) is 19.5 Å². The van der Waals surface area contributed by atoms with Gasteiger partial charge in [-0.15, -0.1) is 0 Å². The Morgan fingerprint density at radius 1 is 1.50 bits per heavy atom. The highest BCUT2D eigenvalue weighted by Crippen LogP contribution is 2.06. The lowest BCUT2D eigenvalue weighted by atomic mass is 10.3. The lowest BCUT2D eigenvalue weighted by molar-refractivity contribution is -0.142.